The third kappa shape index (κ3) is 4.31. The summed E-state index contributed by atoms with van der Waals surface area (Å²) in [4.78, 5) is 10.9. The fourth-order valence-electron chi connectivity index (χ4n) is 1.80. The van der Waals surface area contributed by atoms with Crippen molar-refractivity contribution in [3.8, 4) is 5.75 Å². The second-order valence-electron chi connectivity index (χ2n) is 4.57. The minimum Gasteiger partial charge on any atom is -0.506 e. The Bertz CT molecular complexity index is 825. The monoisotopic (exact) mass is 471 g/mol. The first kappa shape index (κ1) is 18.4. The summed E-state index contributed by atoms with van der Waals surface area (Å²) in [5.74, 6) is -1.01. The van der Waals surface area contributed by atoms with E-state index in [1.165, 1.54) is 35.5 Å². The van der Waals surface area contributed by atoms with Crippen molar-refractivity contribution >= 4 is 67.1 Å². The van der Waals surface area contributed by atoms with Gasteiger partial charge in [-0.3, -0.25) is 0 Å². The van der Waals surface area contributed by atoms with Gasteiger partial charge in [0.25, 0.3) is 0 Å². The van der Waals surface area contributed by atoms with E-state index in [1.807, 2.05) is 0 Å². The summed E-state index contributed by atoms with van der Waals surface area (Å²) >= 11 is 11.5. The number of rotatable bonds is 4. The van der Waals surface area contributed by atoms with Gasteiger partial charge in [0.1, 0.15) is 5.75 Å². The van der Waals surface area contributed by atoms with Gasteiger partial charge in [-0.05, 0) is 64.5 Å². The minimum absolute atomic E-state index is 0.0195. The third-order valence-corrected chi connectivity index (χ3v) is 4.17. The van der Waals surface area contributed by atoms with Crippen LogP contribution in [-0.2, 0) is 0 Å². The lowest BCUT2D eigenvalue weighted by atomic mass is 10.2. The molecule has 0 atom stereocenters. The van der Waals surface area contributed by atoms with E-state index < -0.39 is 5.97 Å². The Balaban J connectivity index is 2.35. The number of carboxylic acid groups (broad SMARTS) is 1. The molecule has 0 aliphatic carbocycles. The Kier molecular flexibility index (Phi) is 5.92. The lowest BCUT2D eigenvalue weighted by Crippen LogP contribution is -2.31. The number of nitrogens with zero attached hydrogens (tertiary/aromatic N) is 2. The van der Waals surface area contributed by atoms with Crippen molar-refractivity contribution in [2.24, 2.45) is 10.8 Å². The summed E-state index contributed by atoms with van der Waals surface area (Å²) in [6, 6.07) is 9.29. The lowest BCUT2D eigenvalue weighted by molar-refractivity contribution is 0.0697. The number of carboxylic acids is 1. The Morgan fingerprint density at radius 2 is 1.88 bits per heavy atom. The quantitative estimate of drug-likeness (QED) is 0.356. The number of thiocarbonyl (C=S) groups is 1. The fourth-order valence-corrected chi connectivity index (χ4v) is 3.21. The highest BCUT2D eigenvalue weighted by Crippen LogP contribution is 2.30. The van der Waals surface area contributed by atoms with Gasteiger partial charge >= 0.3 is 5.97 Å². The molecule has 4 N–H and O–H groups in total. The largest absolute Gasteiger partial charge is 0.506 e. The number of hydrogen-bond acceptors (Lipinski definition) is 4. The average Bonchev–Trinajstić information content (AvgIpc) is 2.52. The van der Waals surface area contributed by atoms with Gasteiger partial charge in [0.05, 0.1) is 21.9 Å². The van der Waals surface area contributed by atoms with Crippen LogP contribution in [0.25, 0.3) is 0 Å². The van der Waals surface area contributed by atoms with Crippen LogP contribution in [0.4, 0.5) is 5.69 Å². The SMILES string of the molecule is NC(=S)N(N=Cc1cc(Br)cc(Br)c1O)c1ccc(C(=O)O)cc1. The maximum atomic E-state index is 10.9. The molecule has 0 spiro atoms. The molecule has 0 unspecified atom stereocenters. The highest BCUT2D eigenvalue weighted by atomic mass is 79.9. The smallest absolute Gasteiger partial charge is 0.335 e. The maximum absolute atomic E-state index is 10.9. The van der Waals surface area contributed by atoms with Crippen LogP contribution in [0.15, 0.2) is 50.4 Å². The molecular formula is C15H11Br2N3O3S. The highest BCUT2D eigenvalue weighted by molar-refractivity contribution is 9.11. The number of benzene rings is 2. The lowest BCUT2D eigenvalue weighted by Gasteiger charge is -2.17. The minimum atomic E-state index is -1.03. The summed E-state index contributed by atoms with van der Waals surface area (Å²) in [6.07, 6.45) is 1.40. The van der Waals surface area contributed by atoms with Crippen molar-refractivity contribution in [2.75, 3.05) is 5.01 Å². The Morgan fingerprint density at radius 3 is 2.42 bits per heavy atom. The van der Waals surface area contributed by atoms with Crippen LogP contribution in [-0.4, -0.2) is 27.5 Å². The molecule has 0 aromatic heterocycles. The number of carbonyl (C=O) groups is 1. The molecule has 9 heteroatoms. The predicted octanol–water partition coefficient (Wildman–Crippen LogP) is 3.70. The van der Waals surface area contributed by atoms with Crippen LogP contribution in [0.1, 0.15) is 15.9 Å². The van der Waals surface area contributed by atoms with Crippen LogP contribution in [0, 0.1) is 0 Å². The number of aromatic carboxylic acids is 1. The topological polar surface area (TPSA) is 99.1 Å². The molecule has 0 aliphatic heterocycles. The first-order valence-corrected chi connectivity index (χ1v) is 8.44. The molecule has 0 fully saturated rings. The maximum Gasteiger partial charge on any atom is 0.335 e. The molecule has 0 heterocycles. The number of halogens is 2. The van der Waals surface area contributed by atoms with E-state index in [4.69, 9.17) is 23.1 Å². The van der Waals surface area contributed by atoms with Gasteiger partial charge in [-0.15, -0.1) is 0 Å². The summed E-state index contributed by atoms with van der Waals surface area (Å²) in [5.41, 5.74) is 6.75. The molecule has 24 heavy (non-hydrogen) atoms. The number of hydrogen-bond donors (Lipinski definition) is 3. The van der Waals surface area contributed by atoms with E-state index >= 15 is 0 Å². The van der Waals surface area contributed by atoms with Gasteiger partial charge in [-0.1, -0.05) is 15.9 Å². The van der Waals surface area contributed by atoms with Gasteiger partial charge in [-0.25, -0.2) is 9.80 Å². The molecule has 0 aliphatic rings. The highest BCUT2D eigenvalue weighted by Gasteiger charge is 2.11. The molecule has 0 saturated heterocycles. The van der Waals surface area contributed by atoms with E-state index in [0.29, 0.717) is 15.7 Å². The van der Waals surface area contributed by atoms with Crippen LogP contribution in [0.3, 0.4) is 0 Å². The molecule has 6 nitrogen and oxygen atoms in total. The number of hydrazone groups is 1. The first-order chi connectivity index (χ1) is 11.3. The van der Waals surface area contributed by atoms with E-state index in [-0.39, 0.29) is 16.4 Å². The van der Waals surface area contributed by atoms with Crippen molar-refractivity contribution in [1.29, 1.82) is 0 Å². The molecule has 124 valence electrons. The molecule has 0 bridgehead atoms. The van der Waals surface area contributed by atoms with Gasteiger partial charge in [0, 0.05) is 10.0 Å². The van der Waals surface area contributed by atoms with E-state index in [9.17, 15) is 9.90 Å². The van der Waals surface area contributed by atoms with Crippen molar-refractivity contribution < 1.29 is 15.0 Å². The zero-order chi connectivity index (χ0) is 17.9. The van der Waals surface area contributed by atoms with Gasteiger partial charge in [-0.2, -0.15) is 5.10 Å². The number of phenols is 1. The predicted molar refractivity (Wildman–Crippen MR) is 104 cm³/mol. The van der Waals surface area contributed by atoms with Crippen LogP contribution < -0.4 is 10.7 Å². The van der Waals surface area contributed by atoms with Crippen LogP contribution >= 0.6 is 44.1 Å². The van der Waals surface area contributed by atoms with E-state index in [1.54, 1.807) is 12.1 Å². The normalized spacial score (nSPS) is 10.8. The standard InChI is InChI=1S/C15H11Br2N3O3S/c16-10-5-9(13(21)12(17)6-10)7-19-20(15(18)24)11-3-1-8(2-4-11)14(22)23/h1-7,21H,(H2,18,24)(H,22,23). The summed E-state index contributed by atoms with van der Waals surface area (Å²) < 4.78 is 1.26. The fraction of sp³-hybridized carbons (Fsp3) is 0. The van der Waals surface area contributed by atoms with E-state index in [0.717, 1.165) is 4.47 Å². The number of nitrogens with two attached hydrogens (primary N) is 1. The Labute approximate surface area is 159 Å². The molecular weight excluding hydrogens is 462 g/mol. The molecule has 2 aromatic carbocycles. The Morgan fingerprint density at radius 1 is 1.25 bits per heavy atom. The summed E-state index contributed by atoms with van der Waals surface area (Å²) in [7, 11) is 0. The number of anilines is 1. The second kappa shape index (κ2) is 7.73. The summed E-state index contributed by atoms with van der Waals surface area (Å²) in [6.45, 7) is 0. The molecule has 2 rings (SSSR count). The van der Waals surface area contributed by atoms with E-state index in [2.05, 4.69) is 37.0 Å². The zero-order valence-electron chi connectivity index (χ0n) is 12.0. The first-order valence-electron chi connectivity index (χ1n) is 6.44. The van der Waals surface area contributed by atoms with Crippen LogP contribution in [0.2, 0.25) is 0 Å². The van der Waals surface area contributed by atoms with Gasteiger partial charge in [0.2, 0.25) is 0 Å². The Hall–Kier alpha value is -1.97. The summed E-state index contributed by atoms with van der Waals surface area (Å²) in [5, 5.41) is 24.4. The molecule has 2 aromatic rings. The van der Waals surface area contributed by atoms with Gasteiger partial charge in [0.15, 0.2) is 5.11 Å². The molecule has 0 amide bonds. The van der Waals surface area contributed by atoms with Crippen molar-refractivity contribution in [3.05, 3.63) is 56.5 Å². The average molecular weight is 473 g/mol. The van der Waals surface area contributed by atoms with Crippen LogP contribution in [0.5, 0.6) is 5.75 Å². The molecule has 0 saturated carbocycles. The number of aromatic hydroxyl groups is 1. The third-order valence-electron chi connectivity index (χ3n) is 2.94. The molecule has 0 radical (unpaired) electrons. The number of phenolic OH excluding ortho intramolecular Hbond substituents is 1. The zero-order valence-corrected chi connectivity index (χ0v) is 16.0. The van der Waals surface area contributed by atoms with Crippen molar-refractivity contribution in [2.45, 2.75) is 0 Å². The van der Waals surface area contributed by atoms with Crippen molar-refractivity contribution in [1.82, 2.24) is 0 Å². The van der Waals surface area contributed by atoms with Gasteiger partial charge < -0.3 is 15.9 Å². The second-order valence-corrected chi connectivity index (χ2v) is 6.76. The van der Waals surface area contributed by atoms with Crippen molar-refractivity contribution in [3.63, 3.8) is 0 Å².